The quantitative estimate of drug-likeness (QED) is 0.838. The number of urea groups is 1. The van der Waals surface area contributed by atoms with Crippen molar-refractivity contribution in [1.29, 1.82) is 0 Å². The van der Waals surface area contributed by atoms with Gasteiger partial charge in [0, 0.05) is 23.2 Å². The number of imide groups is 1. The Hall–Kier alpha value is -2.57. The van der Waals surface area contributed by atoms with Gasteiger partial charge >= 0.3 is 6.03 Å². The molecule has 1 aromatic rings. The van der Waals surface area contributed by atoms with Gasteiger partial charge in [-0.1, -0.05) is 20.8 Å². The first-order valence-electron chi connectivity index (χ1n) is 8.82. The second-order valence-electron chi connectivity index (χ2n) is 7.79. The maximum Gasteiger partial charge on any atom is 0.327 e. The minimum absolute atomic E-state index is 0.109. The Morgan fingerprint density at radius 3 is 2.65 bits per heavy atom. The average molecular weight is 359 g/mol. The van der Waals surface area contributed by atoms with Crippen molar-refractivity contribution in [2.24, 2.45) is 5.41 Å². The van der Waals surface area contributed by atoms with Gasteiger partial charge < -0.3 is 15.0 Å². The highest BCUT2D eigenvalue weighted by Gasteiger charge is 2.47. The molecule has 1 atom stereocenters. The minimum Gasteiger partial charge on any atom is -0.496 e. The van der Waals surface area contributed by atoms with Gasteiger partial charge in [-0.15, -0.1) is 0 Å². The van der Waals surface area contributed by atoms with Gasteiger partial charge in [0.15, 0.2) is 0 Å². The number of nitrogens with zero attached hydrogens (tertiary/aromatic N) is 2. The first kappa shape index (κ1) is 18.2. The summed E-state index contributed by atoms with van der Waals surface area (Å²) in [5.41, 5.74) is 0.772. The molecule has 0 spiro atoms. The van der Waals surface area contributed by atoms with Gasteiger partial charge in [-0.3, -0.25) is 14.5 Å². The Morgan fingerprint density at radius 1 is 1.31 bits per heavy atom. The number of amides is 4. The molecule has 2 fully saturated rings. The lowest BCUT2D eigenvalue weighted by atomic mass is 9.95. The molecule has 2 heterocycles. The van der Waals surface area contributed by atoms with Crippen molar-refractivity contribution in [2.45, 2.75) is 46.2 Å². The van der Waals surface area contributed by atoms with Gasteiger partial charge in [0.2, 0.25) is 5.91 Å². The van der Waals surface area contributed by atoms with Gasteiger partial charge in [-0.25, -0.2) is 4.79 Å². The normalized spacial score (nSPS) is 19.8. The lowest BCUT2D eigenvalue weighted by molar-refractivity contribution is -0.128. The van der Waals surface area contributed by atoms with Gasteiger partial charge in [-0.05, 0) is 31.0 Å². The Balaban J connectivity index is 1.82. The summed E-state index contributed by atoms with van der Waals surface area (Å²) in [7, 11) is 1.54. The molecule has 0 bridgehead atoms. The standard InChI is InChI=1S/C19H25N3O4/c1-19(2,3)17(24)20-13-7-8-15(26-4)12(10-13)11-22-16(23)14-6-5-9-21(14)18(22)25/h7-8,10,14H,5-6,9,11H2,1-4H3,(H,20,24). The Morgan fingerprint density at radius 2 is 2.04 bits per heavy atom. The first-order chi connectivity index (χ1) is 12.2. The largest absolute Gasteiger partial charge is 0.496 e. The molecule has 3 rings (SSSR count). The van der Waals surface area contributed by atoms with Crippen LogP contribution >= 0.6 is 0 Å². The van der Waals surface area contributed by atoms with Crippen LogP contribution in [0.2, 0.25) is 0 Å². The molecule has 4 amide bonds. The highest BCUT2D eigenvalue weighted by atomic mass is 16.5. The van der Waals surface area contributed by atoms with E-state index in [2.05, 4.69) is 5.32 Å². The van der Waals surface area contributed by atoms with Crippen LogP contribution in [-0.4, -0.2) is 47.3 Å². The third-order valence-corrected chi connectivity index (χ3v) is 4.83. The molecule has 1 unspecified atom stereocenters. The number of rotatable bonds is 4. The van der Waals surface area contributed by atoms with Crippen LogP contribution in [0.15, 0.2) is 18.2 Å². The summed E-state index contributed by atoms with van der Waals surface area (Å²) in [5, 5.41) is 2.87. The summed E-state index contributed by atoms with van der Waals surface area (Å²) in [6.45, 7) is 6.27. The number of carbonyl (C=O) groups excluding carboxylic acids is 3. The Labute approximate surface area is 153 Å². The molecule has 1 N–H and O–H groups in total. The van der Waals surface area contributed by atoms with E-state index in [0.29, 0.717) is 23.5 Å². The fourth-order valence-corrected chi connectivity index (χ4v) is 3.30. The summed E-state index contributed by atoms with van der Waals surface area (Å²) < 4.78 is 5.37. The molecular formula is C19H25N3O4. The van der Waals surface area contributed by atoms with E-state index in [4.69, 9.17) is 4.74 Å². The zero-order valence-electron chi connectivity index (χ0n) is 15.7. The fraction of sp³-hybridized carbons (Fsp3) is 0.526. The molecule has 26 heavy (non-hydrogen) atoms. The van der Waals surface area contributed by atoms with Crippen molar-refractivity contribution in [2.75, 3.05) is 19.0 Å². The number of anilines is 1. The second kappa shape index (κ2) is 6.63. The van der Waals surface area contributed by atoms with Gasteiger partial charge in [0.05, 0.1) is 13.7 Å². The number of methoxy groups -OCH3 is 1. The lowest BCUT2D eigenvalue weighted by Gasteiger charge is -2.20. The van der Waals surface area contributed by atoms with Crippen LogP contribution in [0.5, 0.6) is 5.75 Å². The summed E-state index contributed by atoms with van der Waals surface area (Å²) in [6.07, 6.45) is 1.59. The summed E-state index contributed by atoms with van der Waals surface area (Å²) in [6, 6.07) is 4.67. The molecule has 1 aromatic carbocycles. The summed E-state index contributed by atoms with van der Waals surface area (Å²) in [4.78, 5) is 40.2. The first-order valence-corrected chi connectivity index (χ1v) is 8.82. The van der Waals surface area contributed by atoms with Crippen LogP contribution < -0.4 is 10.1 Å². The number of hydrogen-bond acceptors (Lipinski definition) is 4. The number of nitrogens with one attached hydrogen (secondary N) is 1. The Kier molecular flexibility index (Phi) is 4.64. The number of carbonyl (C=O) groups is 3. The van der Waals surface area contributed by atoms with Crippen molar-refractivity contribution >= 4 is 23.5 Å². The summed E-state index contributed by atoms with van der Waals surface area (Å²) in [5.74, 6) is 0.313. The topological polar surface area (TPSA) is 79.0 Å². The van der Waals surface area contributed by atoms with Crippen molar-refractivity contribution in [1.82, 2.24) is 9.80 Å². The molecule has 140 valence electrons. The Bertz CT molecular complexity index is 732. The van der Waals surface area contributed by atoms with Gasteiger partial charge in [0.25, 0.3) is 5.91 Å². The second-order valence-corrected chi connectivity index (χ2v) is 7.79. The van der Waals surface area contributed by atoms with E-state index in [-0.39, 0.29) is 30.4 Å². The SMILES string of the molecule is COc1ccc(NC(=O)C(C)(C)C)cc1CN1C(=O)C2CCCN2C1=O. The lowest BCUT2D eigenvalue weighted by Crippen LogP contribution is -2.32. The van der Waals surface area contributed by atoms with E-state index in [0.717, 1.165) is 12.8 Å². The van der Waals surface area contributed by atoms with E-state index in [1.54, 1.807) is 23.1 Å². The molecule has 2 saturated heterocycles. The zero-order chi connectivity index (χ0) is 19.1. The number of benzene rings is 1. The summed E-state index contributed by atoms with van der Waals surface area (Å²) >= 11 is 0. The van der Waals surface area contributed by atoms with Gasteiger partial charge in [-0.2, -0.15) is 0 Å². The maximum atomic E-state index is 12.5. The van der Waals surface area contributed by atoms with Crippen LogP contribution in [0.4, 0.5) is 10.5 Å². The van der Waals surface area contributed by atoms with Crippen LogP contribution in [0.25, 0.3) is 0 Å². The monoisotopic (exact) mass is 359 g/mol. The molecule has 7 nitrogen and oxygen atoms in total. The number of ether oxygens (including phenoxy) is 1. The number of fused-ring (bicyclic) bond motifs is 1. The highest BCUT2D eigenvalue weighted by Crippen LogP contribution is 2.31. The van der Waals surface area contributed by atoms with Crippen LogP contribution in [0.3, 0.4) is 0 Å². The van der Waals surface area contributed by atoms with Crippen molar-refractivity contribution < 1.29 is 19.1 Å². The third-order valence-electron chi connectivity index (χ3n) is 4.83. The van der Waals surface area contributed by atoms with Crippen LogP contribution in [-0.2, 0) is 16.1 Å². The highest BCUT2D eigenvalue weighted by molar-refractivity contribution is 6.04. The number of hydrogen-bond donors (Lipinski definition) is 1. The molecule has 2 aliphatic heterocycles. The van der Waals surface area contributed by atoms with E-state index < -0.39 is 5.41 Å². The van der Waals surface area contributed by atoms with Crippen LogP contribution in [0, 0.1) is 5.41 Å². The van der Waals surface area contributed by atoms with E-state index in [1.807, 2.05) is 20.8 Å². The molecule has 0 aliphatic carbocycles. The predicted molar refractivity (Wildman–Crippen MR) is 96.8 cm³/mol. The van der Waals surface area contributed by atoms with E-state index in [1.165, 1.54) is 12.0 Å². The molecule has 0 aromatic heterocycles. The van der Waals surface area contributed by atoms with Crippen molar-refractivity contribution in [3.63, 3.8) is 0 Å². The molecule has 0 radical (unpaired) electrons. The average Bonchev–Trinajstić information content (AvgIpc) is 3.14. The smallest absolute Gasteiger partial charge is 0.327 e. The van der Waals surface area contributed by atoms with Gasteiger partial charge in [0.1, 0.15) is 11.8 Å². The maximum absolute atomic E-state index is 12.5. The molecule has 0 saturated carbocycles. The van der Waals surface area contributed by atoms with E-state index in [9.17, 15) is 14.4 Å². The third kappa shape index (κ3) is 3.25. The minimum atomic E-state index is -0.522. The molecule has 7 heteroatoms. The predicted octanol–water partition coefficient (Wildman–Crippen LogP) is 2.61. The van der Waals surface area contributed by atoms with Crippen LogP contribution in [0.1, 0.15) is 39.2 Å². The molecule has 2 aliphatic rings. The van der Waals surface area contributed by atoms with Crippen molar-refractivity contribution in [3.05, 3.63) is 23.8 Å². The zero-order valence-corrected chi connectivity index (χ0v) is 15.7. The fourth-order valence-electron chi connectivity index (χ4n) is 3.30. The molecular weight excluding hydrogens is 334 g/mol. The van der Waals surface area contributed by atoms with Crippen molar-refractivity contribution in [3.8, 4) is 5.75 Å². The van der Waals surface area contributed by atoms with E-state index >= 15 is 0 Å².